The number of hydrogen-bond donors (Lipinski definition) is 3. The third kappa shape index (κ3) is 3.86. The molecule has 0 unspecified atom stereocenters. The van der Waals surface area contributed by atoms with Gasteiger partial charge in [-0.25, -0.2) is 4.99 Å². The van der Waals surface area contributed by atoms with Crippen molar-refractivity contribution in [1.29, 1.82) is 5.41 Å². The van der Waals surface area contributed by atoms with Crippen LogP contribution in [-0.2, 0) is 0 Å². The summed E-state index contributed by atoms with van der Waals surface area (Å²) < 4.78 is 0. The van der Waals surface area contributed by atoms with Gasteiger partial charge in [-0.05, 0) is 37.5 Å². The Bertz CT molecular complexity index is 734. The van der Waals surface area contributed by atoms with Gasteiger partial charge >= 0.3 is 0 Å². The molecule has 0 fully saturated rings. The average Bonchev–Trinajstić information content (AvgIpc) is 2.95. The summed E-state index contributed by atoms with van der Waals surface area (Å²) in [6.45, 7) is 9.80. The number of aliphatic imine (C=N–C) groups is 1. The van der Waals surface area contributed by atoms with Crippen molar-refractivity contribution in [2.75, 3.05) is 0 Å². The standard InChI is InChI=1S/C19H22N4/c1-5-21-19(20)17-15(4)22-23-18(17)14(3)12-11-13(2)16-9-7-6-8-10-16/h5-12,20,22-23H,4H2,1-3H3/b13-11+,14-12+,20-19?,21-5?. The number of benzene rings is 1. The van der Waals surface area contributed by atoms with E-state index in [9.17, 15) is 0 Å². The fraction of sp³-hybridized carbons (Fsp3) is 0.158. The van der Waals surface area contributed by atoms with E-state index in [2.05, 4.69) is 47.6 Å². The monoisotopic (exact) mass is 306 g/mol. The second-order valence-corrected chi connectivity index (χ2v) is 5.28. The third-order valence-corrected chi connectivity index (χ3v) is 3.59. The molecule has 0 aromatic heterocycles. The summed E-state index contributed by atoms with van der Waals surface area (Å²) in [7, 11) is 0. The fourth-order valence-electron chi connectivity index (χ4n) is 2.30. The van der Waals surface area contributed by atoms with Crippen LogP contribution in [0.3, 0.4) is 0 Å². The highest BCUT2D eigenvalue weighted by molar-refractivity contribution is 6.05. The minimum Gasteiger partial charge on any atom is -0.301 e. The maximum Gasteiger partial charge on any atom is 0.155 e. The molecule has 1 heterocycles. The molecule has 2 rings (SSSR count). The molecule has 4 heteroatoms. The molecule has 0 saturated heterocycles. The number of amidine groups is 1. The van der Waals surface area contributed by atoms with Gasteiger partial charge in [0.2, 0.25) is 0 Å². The van der Waals surface area contributed by atoms with Crippen LogP contribution in [-0.4, -0.2) is 12.1 Å². The molecule has 0 saturated carbocycles. The lowest BCUT2D eigenvalue weighted by atomic mass is 10.0. The van der Waals surface area contributed by atoms with Gasteiger partial charge in [0.15, 0.2) is 5.84 Å². The van der Waals surface area contributed by atoms with Crippen LogP contribution in [0, 0.1) is 5.41 Å². The van der Waals surface area contributed by atoms with Gasteiger partial charge in [-0.1, -0.05) is 49.1 Å². The number of allylic oxidation sites excluding steroid dienone is 4. The Morgan fingerprint density at radius 2 is 1.74 bits per heavy atom. The van der Waals surface area contributed by atoms with Crippen LogP contribution in [0.2, 0.25) is 0 Å². The number of nitrogens with one attached hydrogen (secondary N) is 3. The first-order valence-electron chi connectivity index (χ1n) is 7.48. The molecular weight excluding hydrogens is 284 g/mol. The molecule has 118 valence electrons. The van der Waals surface area contributed by atoms with E-state index < -0.39 is 0 Å². The zero-order valence-corrected chi connectivity index (χ0v) is 13.8. The van der Waals surface area contributed by atoms with E-state index in [1.807, 2.05) is 31.2 Å². The van der Waals surface area contributed by atoms with Crippen molar-refractivity contribution < 1.29 is 0 Å². The Balaban J connectivity index is 2.32. The molecular formula is C19H22N4. The first-order valence-corrected chi connectivity index (χ1v) is 7.48. The molecule has 0 spiro atoms. The molecule has 0 amide bonds. The van der Waals surface area contributed by atoms with Gasteiger partial charge in [0.1, 0.15) is 0 Å². The summed E-state index contributed by atoms with van der Waals surface area (Å²) in [5.41, 5.74) is 11.6. The minimum atomic E-state index is 0.196. The van der Waals surface area contributed by atoms with Gasteiger partial charge in [-0.2, -0.15) is 0 Å². The number of hydrazine groups is 1. The Morgan fingerprint density at radius 3 is 2.39 bits per heavy atom. The lowest BCUT2D eigenvalue weighted by Gasteiger charge is -2.06. The predicted molar refractivity (Wildman–Crippen MR) is 98.2 cm³/mol. The highest BCUT2D eigenvalue weighted by atomic mass is 15.4. The van der Waals surface area contributed by atoms with Gasteiger partial charge < -0.3 is 5.43 Å². The highest BCUT2D eigenvalue weighted by Gasteiger charge is 2.21. The molecule has 1 aliphatic rings. The molecule has 0 bridgehead atoms. The zero-order chi connectivity index (χ0) is 16.8. The molecule has 1 aromatic rings. The van der Waals surface area contributed by atoms with Gasteiger partial charge in [-0.15, -0.1) is 0 Å². The second kappa shape index (κ2) is 7.40. The second-order valence-electron chi connectivity index (χ2n) is 5.28. The van der Waals surface area contributed by atoms with Crippen molar-refractivity contribution in [3.63, 3.8) is 0 Å². The largest absolute Gasteiger partial charge is 0.301 e. The molecule has 1 aromatic carbocycles. The summed E-state index contributed by atoms with van der Waals surface area (Å²) in [5.74, 6) is 0.196. The van der Waals surface area contributed by atoms with Crippen LogP contribution < -0.4 is 10.9 Å². The summed E-state index contributed by atoms with van der Waals surface area (Å²) in [5, 5.41) is 8.05. The van der Waals surface area contributed by atoms with Gasteiger partial charge in [0.05, 0.1) is 17.0 Å². The van der Waals surface area contributed by atoms with E-state index in [4.69, 9.17) is 5.41 Å². The average molecular weight is 306 g/mol. The lowest BCUT2D eigenvalue weighted by Crippen LogP contribution is -2.22. The van der Waals surface area contributed by atoms with Crippen molar-refractivity contribution >= 4 is 17.6 Å². The van der Waals surface area contributed by atoms with Crippen molar-refractivity contribution in [3.05, 3.63) is 77.2 Å². The van der Waals surface area contributed by atoms with Crippen LogP contribution in [0.4, 0.5) is 0 Å². The summed E-state index contributed by atoms with van der Waals surface area (Å²) in [4.78, 5) is 4.05. The maximum atomic E-state index is 8.05. The van der Waals surface area contributed by atoms with Gasteiger partial charge in [0, 0.05) is 6.21 Å². The predicted octanol–water partition coefficient (Wildman–Crippen LogP) is 3.98. The van der Waals surface area contributed by atoms with Crippen LogP contribution >= 0.6 is 0 Å². The van der Waals surface area contributed by atoms with Crippen LogP contribution in [0.5, 0.6) is 0 Å². The maximum absolute atomic E-state index is 8.05. The lowest BCUT2D eigenvalue weighted by molar-refractivity contribution is 0.756. The summed E-state index contributed by atoms with van der Waals surface area (Å²) in [6, 6.07) is 10.2. The van der Waals surface area contributed by atoms with E-state index in [0.29, 0.717) is 11.3 Å². The Kier molecular flexibility index (Phi) is 5.31. The molecule has 0 radical (unpaired) electrons. The van der Waals surface area contributed by atoms with E-state index in [-0.39, 0.29) is 5.84 Å². The normalized spacial score (nSPS) is 15.9. The summed E-state index contributed by atoms with van der Waals surface area (Å²) >= 11 is 0. The minimum absolute atomic E-state index is 0.196. The number of nitrogens with zero attached hydrogens (tertiary/aromatic N) is 1. The van der Waals surface area contributed by atoms with Crippen molar-refractivity contribution in [1.82, 2.24) is 10.9 Å². The number of rotatable bonds is 4. The Labute approximate surface area is 137 Å². The molecule has 1 aliphatic heterocycles. The molecule has 0 atom stereocenters. The van der Waals surface area contributed by atoms with Crippen molar-refractivity contribution in [2.24, 2.45) is 4.99 Å². The van der Waals surface area contributed by atoms with Crippen LogP contribution in [0.25, 0.3) is 5.57 Å². The molecule has 3 N–H and O–H groups in total. The third-order valence-electron chi connectivity index (χ3n) is 3.59. The van der Waals surface area contributed by atoms with Crippen molar-refractivity contribution in [3.8, 4) is 0 Å². The fourth-order valence-corrected chi connectivity index (χ4v) is 2.30. The molecule has 0 aliphatic carbocycles. The summed E-state index contributed by atoms with van der Waals surface area (Å²) in [6.07, 6.45) is 5.72. The van der Waals surface area contributed by atoms with E-state index in [0.717, 1.165) is 11.3 Å². The van der Waals surface area contributed by atoms with E-state index in [1.165, 1.54) is 11.1 Å². The highest BCUT2D eigenvalue weighted by Crippen LogP contribution is 2.23. The zero-order valence-electron chi connectivity index (χ0n) is 13.8. The van der Waals surface area contributed by atoms with E-state index in [1.54, 1.807) is 13.1 Å². The molecule has 4 nitrogen and oxygen atoms in total. The topological polar surface area (TPSA) is 60.3 Å². The van der Waals surface area contributed by atoms with Crippen molar-refractivity contribution in [2.45, 2.75) is 20.8 Å². The Morgan fingerprint density at radius 1 is 1.09 bits per heavy atom. The smallest absolute Gasteiger partial charge is 0.155 e. The first kappa shape index (κ1) is 16.5. The Hall–Kier alpha value is -2.88. The molecule has 23 heavy (non-hydrogen) atoms. The van der Waals surface area contributed by atoms with E-state index >= 15 is 0 Å². The number of hydrogen-bond acceptors (Lipinski definition) is 3. The van der Waals surface area contributed by atoms with Gasteiger partial charge in [-0.3, -0.25) is 10.8 Å². The van der Waals surface area contributed by atoms with Crippen LogP contribution in [0.15, 0.2) is 76.6 Å². The first-order chi connectivity index (χ1) is 11.0. The van der Waals surface area contributed by atoms with Crippen LogP contribution in [0.1, 0.15) is 26.3 Å². The SMILES string of the molecule is C=C1NNC(/C(C)=C/C=C(\C)c2ccccc2)=C1C(=N)N=CC. The quantitative estimate of drug-likeness (QED) is 0.447. The van der Waals surface area contributed by atoms with Gasteiger partial charge in [0.25, 0.3) is 0 Å².